The Bertz CT molecular complexity index is 200. The Morgan fingerprint density at radius 1 is 1.82 bits per heavy atom. The Morgan fingerprint density at radius 3 is 3.00 bits per heavy atom. The average molecular weight is 174 g/mol. The van der Waals surface area contributed by atoms with Crippen LogP contribution in [-0.4, -0.2) is 10.9 Å². The smallest absolute Gasteiger partial charge is 0.147 e. The maximum Gasteiger partial charge on any atom is 0.147 e. The van der Waals surface area contributed by atoms with Gasteiger partial charge in [0, 0.05) is 11.3 Å². The minimum atomic E-state index is -1.01. The summed E-state index contributed by atoms with van der Waals surface area (Å²) in [5.41, 5.74) is 5.82. The quantitative estimate of drug-likeness (QED) is 0.758. The third-order valence-electron chi connectivity index (χ3n) is 1.61. The lowest BCUT2D eigenvalue weighted by molar-refractivity contribution is 0.247. The van der Waals surface area contributed by atoms with Gasteiger partial charge in [0.1, 0.15) is 6.17 Å². The maximum atomic E-state index is 13.2. The van der Waals surface area contributed by atoms with Crippen LogP contribution in [0.1, 0.15) is 18.8 Å². The summed E-state index contributed by atoms with van der Waals surface area (Å²) in [6.07, 6.45) is -1.01. The summed E-state index contributed by atoms with van der Waals surface area (Å²) in [5, 5.41) is 1.77. The zero-order valence-corrected chi connectivity index (χ0v) is 7.14. The van der Waals surface area contributed by atoms with Gasteiger partial charge in [-0.3, -0.25) is 0 Å². The van der Waals surface area contributed by atoms with Gasteiger partial charge < -0.3 is 5.73 Å². The van der Waals surface area contributed by atoms with Crippen LogP contribution in [0.5, 0.6) is 0 Å². The summed E-state index contributed by atoms with van der Waals surface area (Å²) in [5.74, 6) is -0.142. The first kappa shape index (κ1) is 8.62. The van der Waals surface area contributed by atoms with E-state index in [9.17, 15) is 4.39 Å². The van der Waals surface area contributed by atoms with Crippen molar-refractivity contribution in [1.82, 2.24) is 4.37 Å². The Kier molecular flexibility index (Phi) is 2.96. The third-order valence-corrected chi connectivity index (χ3v) is 2.19. The highest BCUT2D eigenvalue weighted by molar-refractivity contribution is 7.03. The zero-order valence-electron chi connectivity index (χ0n) is 6.33. The fourth-order valence-electron chi connectivity index (χ4n) is 0.775. The summed E-state index contributed by atoms with van der Waals surface area (Å²) in [4.78, 5) is 0. The number of nitrogens with zero attached hydrogens (tertiary/aromatic N) is 1. The molecule has 2 atom stereocenters. The van der Waals surface area contributed by atoms with Crippen molar-refractivity contribution in [3.8, 4) is 0 Å². The van der Waals surface area contributed by atoms with Crippen molar-refractivity contribution < 1.29 is 4.39 Å². The van der Waals surface area contributed by atoms with Crippen molar-refractivity contribution in [1.29, 1.82) is 0 Å². The first-order chi connectivity index (χ1) is 5.25. The fraction of sp³-hybridized carbons (Fsp3) is 0.571. The monoisotopic (exact) mass is 174 g/mol. The minimum absolute atomic E-state index is 0.142. The summed E-state index contributed by atoms with van der Waals surface area (Å²) >= 11 is 1.26. The van der Waals surface area contributed by atoms with Crippen molar-refractivity contribution in [2.24, 2.45) is 11.7 Å². The number of nitrogens with two attached hydrogens (primary N) is 1. The third kappa shape index (κ3) is 1.97. The molecule has 2 nitrogen and oxygen atoms in total. The molecule has 0 aliphatic rings. The molecule has 4 heteroatoms. The molecule has 0 fully saturated rings. The SMILES string of the molecule is CC(CN)C(F)c1ccsn1. The van der Waals surface area contributed by atoms with E-state index >= 15 is 0 Å². The Labute approximate surface area is 69.4 Å². The van der Waals surface area contributed by atoms with Crippen molar-refractivity contribution in [2.75, 3.05) is 6.54 Å². The standard InChI is InChI=1S/C7H11FN2S/c1-5(4-9)7(8)6-2-3-11-10-6/h2-3,5,7H,4,9H2,1H3. The predicted octanol–water partition coefficient (Wildman–Crippen LogP) is 1.75. The molecule has 11 heavy (non-hydrogen) atoms. The molecule has 1 rings (SSSR count). The van der Waals surface area contributed by atoms with Crippen LogP contribution in [0.2, 0.25) is 0 Å². The van der Waals surface area contributed by atoms with Crippen LogP contribution in [0.4, 0.5) is 4.39 Å². The predicted molar refractivity (Wildman–Crippen MR) is 44.2 cm³/mol. The average Bonchev–Trinajstić information content (AvgIpc) is 2.53. The van der Waals surface area contributed by atoms with Gasteiger partial charge in [-0.1, -0.05) is 6.92 Å². The van der Waals surface area contributed by atoms with E-state index in [1.165, 1.54) is 11.5 Å². The molecule has 62 valence electrons. The van der Waals surface area contributed by atoms with Gasteiger partial charge in [-0.25, -0.2) is 4.39 Å². The molecule has 0 bridgehead atoms. The first-order valence-electron chi connectivity index (χ1n) is 3.50. The second-order valence-corrected chi connectivity index (χ2v) is 3.20. The maximum absolute atomic E-state index is 13.2. The highest BCUT2D eigenvalue weighted by Gasteiger charge is 2.18. The molecular formula is C7H11FN2S. The molecule has 0 spiro atoms. The molecular weight excluding hydrogens is 163 g/mol. The van der Waals surface area contributed by atoms with Crippen LogP contribution in [0.25, 0.3) is 0 Å². The van der Waals surface area contributed by atoms with Crippen LogP contribution in [0.3, 0.4) is 0 Å². The van der Waals surface area contributed by atoms with Crippen LogP contribution in [-0.2, 0) is 0 Å². The molecule has 0 aromatic carbocycles. The second-order valence-electron chi connectivity index (χ2n) is 2.54. The van der Waals surface area contributed by atoms with Gasteiger partial charge in [0.15, 0.2) is 0 Å². The highest BCUT2D eigenvalue weighted by Crippen LogP contribution is 2.24. The van der Waals surface area contributed by atoms with Gasteiger partial charge in [0.25, 0.3) is 0 Å². The van der Waals surface area contributed by atoms with E-state index in [2.05, 4.69) is 4.37 Å². The van der Waals surface area contributed by atoms with Gasteiger partial charge >= 0.3 is 0 Å². The Balaban J connectivity index is 2.62. The van der Waals surface area contributed by atoms with E-state index in [0.717, 1.165) is 0 Å². The van der Waals surface area contributed by atoms with Crippen LogP contribution in [0, 0.1) is 5.92 Å². The summed E-state index contributed by atoms with van der Waals surface area (Å²) < 4.78 is 17.1. The molecule has 2 N–H and O–H groups in total. The van der Waals surface area contributed by atoms with E-state index in [1.807, 2.05) is 0 Å². The Hall–Kier alpha value is -0.480. The zero-order chi connectivity index (χ0) is 8.27. The van der Waals surface area contributed by atoms with Crippen molar-refractivity contribution in [2.45, 2.75) is 13.1 Å². The van der Waals surface area contributed by atoms with Crippen molar-refractivity contribution in [3.63, 3.8) is 0 Å². The van der Waals surface area contributed by atoms with Gasteiger partial charge in [-0.15, -0.1) is 0 Å². The summed E-state index contributed by atoms with van der Waals surface area (Å²) in [7, 11) is 0. The summed E-state index contributed by atoms with van der Waals surface area (Å²) in [6, 6.07) is 1.70. The van der Waals surface area contributed by atoms with E-state index in [1.54, 1.807) is 18.4 Å². The largest absolute Gasteiger partial charge is 0.330 e. The number of halogens is 1. The van der Waals surface area contributed by atoms with E-state index < -0.39 is 6.17 Å². The van der Waals surface area contributed by atoms with Crippen molar-refractivity contribution >= 4 is 11.5 Å². The highest BCUT2D eigenvalue weighted by atomic mass is 32.1. The topological polar surface area (TPSA) is 38.9 Å². The fourth-order valence-corrected chi connectivity index (χ4v) is 1.32. The van der Waals surface area contributed by atoms with Crippen molar-refractivity contribution in [3.05, 3.63) is 17.1 Å². The van der Waals surface area contributed by atoms with E-state index in [0.29, 0.717) is 12.2 Å². The molecule has 0 saturated heterocycles. The minimum Gasteiger partial charge on any atom is -0.330 e. The van der Waals surface area contributed by atoms with Gasteiger partial charge in [0.05, 0.1) is 5.69 Å². The number of aromatic nitrogens is 1. The van der Waals surface area contributed by atoms with Gasteiger partial charge in [-0.2, -0.15) is 4.37 Å². The molecule has 2 unspecified atom stereocenters. The molecule has 0 aliphatic heterocycles. The number of rotatable bonds is 3. The molecule has 0 amide bonds. The molecule has 1 aromatic rings. The molecule has 1 heterocycles. The van der Waals surface area contributed by atoms with Gasteiger partial charge in [-0.05, 0) is 24.1 Å². The lowest BCUT2D eigenvalue weighted by atomic mass is 10.0. The normalized spacial score (nSPS) is 16.3. The Morgan fingerprint density at radius 2 is 2.55 bits per heavy atom. The lowest BCUT2D eigenvalue weighted by Crippen LogP contribution is -2.16. The first-order valence-corrected chi connectivity index (χ1v) is 4.33. The number of hydrogen-bond acceptors (Lipinski definition) is 3. The van der Waals surface area contributed by atoms with Gasteiger partial charge in [0.2, 0.25) is 0 Å². The number of alkyl halides is 1. The number of hydrogen-bond donors (Lipinski definition) is 1. The van der Waals surface area contributed by atoms with Crippen LogP contribution in [0.15, 0.2) is 11.4 Å². The molecule has 0 aliphatic carbocycles. The van der Waals surface area contributed by atoms with Crippen LogP contribution >= 0.6 is 11.5 Å². The van der Waals surface area contributed by atoms with Crippen LogP contribution < -0.4 is 5.73 Å². The molecule has 0 saturated carbocycles. The molecule has 0 radical (unpaired) electrons. The lowest BCUT2D eigenvalue weighted by Gasteiger charge is -2.11. The second kappa shape index (κ2) is 3.78. The van der Waals surface area contributed by atoms with E-state index in [4.69, 9.17) is 5.73 Å². The molecule has 1 aromatic heterocycles. The van der Waals surface area contributed by atoms with E-state index in [-0.39, 0.29) is 5.92 Å². The summed E-state index contributed by atoms with van der Waals surface area (Å²) in [6.45, 7) is 2.14.